The number of amides is 1. The van der Waals surface area contributed by atoms with Gasteiger partial charge in [0.2, 0.25) is 0 Å². The van der Waals surface area contributed by atoms with E-state index in [4.69, 9.17) is 16.9 Å². The van der Waals surface area contributed by atoms with Gasteiger partial charge in [0.25, 0.3) is 5.91 Å². The van der Waals surface area contributed by atoms with Gasteiger partial charge in [-0.2, -0.15) is 10.4 Å². The number of halogens is 1. The van der Waals surface area contributed by atoms with E-state index in [0.29, 0.717) is 17.0 Å². The second-order valence-corrected chi connectivity index (χ2v) is 4.53. The van der Waals surface area contributed by atoms with Crippen molar-refractivity contribution in [1.82, 2.24) is 15.1 Å². The number of benzene rings is 1. The maximum Gasteiger partial charge on any atom is 0.255 e. The molecule has 0 aliphatic heterocycles. The molecule has 0 saturated carbocycles. The third kappa shape index (κ3) is 2.81. The van der Waals surface area contributed by atoms with Gasteiger partial charge >= 0.3 is 0 Å². The molecule has 2 aromatic rings. The van der Waals surface area contributed by atoms with Gasteiger partial charge in [0.1, 0.15) is 6.54 Å². The number of nitrogens with zero attached hydrogens (tertiary/aromatic N) is 3. The molecule has 0 unspecified atom stereocenters. The van der Waals surface area contributed by atoms with Crippen LogP contribution in [0.2, 0.25) is 5.02 Å². The first-order valence-corrected chi connectivity index (χ1v) is 6.53. The van der Waals surface area contributed by atoms with Crippen LogP contribution in [0.1, 0.15) is 23.0 Å². The molecule has 5 nitrogen and oxygen atoms in total. The van der Waals surface area contributed by atoms with E-state index in [1.165, 1.54) is 6.20 Å². The lowest BCUT2D eigenvalue weighted by Crippen LogP contribution is -2.24. The molecule has 0 saturated heterocycles. The lowest BCUT2D eigenvalue weighted by atomic mass is 10.2. The summed E-state index contributed by atoms with van der Waals surface area (Å²) >= 11 is 5.97. The first-order chi connectivity index (χ1) is 9.67. The molecule has 0 fully saturated rings. The van der Waals surface area contributed by atoms with E-state index in [-0.39, 0.29) is 12.5 Å². The van der Waals surface area contributed by atoms with E-state index in [1.807, 2.05) is 25.1 Å². The standard InChI is InChI=1S/C14H13ClN4O/c1-2-13-12(14(20)17-7-6-16)9-18-19(13)11-5-3-4-10(15)8-11/h3-5,8-9H,2,7H2,1H3,(H,17,20). The molecule has 1 N–H and O–H groups in total. The molecule has 0 aliphatic carbocycles. The van der Waals surface area contributed by atoms with Crippen molar-refractivity contribution in [3.05, 3.63) is 46.7 Å². The van der Waals surface area contributed by atoms with Gasteiger partial charge in [-0.1, -0.05) is 24.6 Å². The highest BCUT2D eigenvalue weighted by Crippen LogP contribution is 2.19. The van der Waals surface area contributed by atoms with Crippen molar-refractivity contribution >= 4 is 17.5 Å². The maximum absolute atomic E-state index is 12.0. The predicted molar refractivity (Wildman–Crippen MR) is 75.9 cm³/mol. The van der Waals surface area contributed by atoms with E-state index in [2.05, 4.69) is 10.4 Å². The van der Waals surface area contributed by atoms with Gasteiger partial charge in [-0.3, -0.25) is 4.79 Å². The molecule has 1 aromatic carbocycles. The average Bonchev–Trinajstić information content (AvgIpc) is 2.88. The van der Waals surface area contributed by atoms with Crippen LogP contribution in [-0.4, -0.2) is 22.2 Å². The van der Waals surface area contributed by atoms with Crippen LogP contribution in [-0.2, 0) is 6.42 Å². The second kappa shape index (κ2) is 6.22. The molecule has 0 bridgehead atoms. The predicted octanol–water partition coefficient (Wildman–Crippen LogP) is 2.34. The van der Waals surface area contributed by atoms with Gasteiger partial charge in [-0.25, -0.2) is 4.68 Å². The monoisotopic (exact) mass is 288 g/mol. The topological polar surface area (TPSA) is 70.7 Å². The zero-order valence-electron chi connectivity index (χ0n) is 10.9. The van der Waals surface area contributed by atoms with Crippen LogP contribution >= 0.6 is 11.6 Å². The molecule has 102 valence electrons. The van der Waals surface area contributed by atoms with E-state index < -0.39 is 0 Å². The fraction of sp³-hybridized carbons (Fsp3) is 0.214. The Kier molecular flexibility index (Phi) is 4.38. The van der Waals surface area contributed by atoms with Gasteiger partial charge in [0, 0.05) is 5.02 Å². The highest BCUT2D eigenvalue weighted by Gasteiger charge is 2.16. The highest BCUT2D eigenvalue weighted by molar-refractivity contribution is 6.30. The Bertz CT molecular complexity index is 672. The van der Waals surface area contributed by atoms with E-state index >= 15 is 0 Å². The van der Waals surface area contributed by atoms with Gasteiger partial charge in [-0.15, -0.1) is 0 Å². The minimum atomic E-state index is -0.295. The number of hydrogen-bond donors (Lipinski definition) is 1. The Hall–Kier alpha value is -2.32. The SMILES string of the molecule is CCc1c(C(=O)NCC#N)cnn1-c1cccc(Cl)c1. The lowest BCUT2D eigenvalue weighted by molar-refractivity contribution is 0.0957. The smallest absolute Gasteiger partial charge is 0.255 e. The summed E-state index contributed by atoms with van der Waals surface area (Å²) in [4.78, 5) is 12.0. The number of carbonyl (C=O) groups is 1. The van der Waals surface area contributed by atoms with Crippen LogP contribution < -0.4 is 5.32 Å². The number of rotatable bonds is 4. The lowest BCUT2D eigenvalue weighted by Gasteiger charge is -2.08. The van der Waals surface area contributed by atoms with Crippen LogP contribution in [0.4, 0.5) is 0 Å². The molecule has 0 spiro atoms. The third-order valence-corrected chi connectivity index (χ3v) is 3.06. The molecule has 1 aromatic heterocycles. The van der Waals surface area contributed by atoms with Crippen LogP contribution in [0.25, 0.3) is 5.69 Å². The quantitative estimate of drug-likeness (QED) is 0.878. The number of carbonyl (C=O) groups excluding carboxylic acids is 1. The number of nitrogens with one attached hydrogen (secondary N) is 1. The zero-order valence-corrected chi connectivity index (χ0v) is 11.7. The summed E-state index contributed by atoms with van der Waals surface area (Å²) in [5.74, 6) is -0.295. The van der Waals surface area contributed by atoms with Crippen molar-refractivity contribution in [2.24, 2.45) is 0 Å². The van der Waals surface area contributed by atoms with Crippen LogP contribution in [0.5, 0.6) is 0 Å². The Morgan fingerprint density at radius 2 is 2.35 bits per heavy atom. The highest BCUT2D eigenvalue weighted by atomic mass is 35.5. The molecule has 2 rings (SSSR count). The van der Waals surface area contributed by atoms with E-state index in [0.717, 1.165) is 11.4 Å². The summed E-state index contributed by atoms with van der Waals surface area (Å²) in [6.45, 7) is 1.92. The number of aromatic nitrogens is 2. The number of nitriles is 1. The van der Waals surface area contributed by atoms with Crippen molar-refractivity contribution in [2.75, 3.05) is 6.54 Å². The Morgan fingerprint density at radius 3 is 3.00 bits per heavy atom. The van der Waals surface area contributed by atoms with Crippen molar-refractivity contribution < 1.29 is 4.79 Å². The summed E-state index contributed by atoms with van der Waals surface area (Å²) in [5.41, 5.74) is 2.05. The first kappa shape index (κ1) is 14.1. The fourth-order valence-corrected chi connectivity index (χ4v) is 2.13. The molecular weight excluding hydrogens is 276 g/mol. The van der Waals surface area contributed by atoms with Crippen molar-refractivity contribution in [3.8, 4) is 11.8 Å². The second-order valence-electron chi connectivity index (χ2n) is 4.09. The van der Waals surface area contributed by atoms with Gasteiger partial charge in [0.05, 0.1) is 29.2 Å². The van der Waals surface area contributed by atoms with E-state index in [1.54, 1.807) is 16.8 Å². The summed E-state index contributed by atoms with van der Waals surface area (Å²) in [6, 6.07) is 9.13. The van der Waals surface area contributed by atoms with Gasteiger partial charge in [0.15, 0.2) is 0 Å². The zero-order chi connectivity index (χ0) is 14.5. The minimum Gasteiger partial charge on any atom is -0.339 e. The first-order valence-electron chi connectivity index (χ1n) is 6.15. The van der Waals surface area contributed by atoms with Crippen LogP contribution in [0.3, 0.4) is 0 Å². The molecule has 0 atom stereocenters. The molecule has 0 aliphatic rings. The summed E-state index contributed by atoms with van der Waals surface area (Å²) in [5, 5.41) is 15.9. The Labute approximate surface area is 121 Å². The van der Waals surface area contributed by atoms with Crippen LogP contribution in [0, 0.1) is 11.3 Å². The summed E-state index contributed by atoms with van der Waals surface area (Å²) in [6.07, 6.45) is 2.15. The van der Waals surface area contributed by atoms with Crippen molar-refractivity contribution in [3.63, 3.8) is 0 Å². The Morgan fingerprint density at radius 1 is 1.55 bits per heavy atom. The molecule has 6 heteroatoms. The normalized spacial score (nSPS) is 10.1. The maximum atomic E-state index is 12.0. The fourth-order valence-electron chi connectivity index (χ4n) is 1.95. The number of hydrogen-bond acceptors (Lipinski definition) is 3. The van der Waals surface area contributed by atoms with Crippen molar-refractivity contribution in [2.45, 2.75) is 13.3 Å². The minimum absolute atomic E-state index is 0.0235. The van der Waals surface area contributed by atoms with Gasteiger partial charge in [-0.05, 0) is 24.6 Å². The van der Waals surface area contributed by atoms with Gasteiger partial charge < -0.3 is 5.32 Å². The Balaban J connectivity index is 2.40. The molecule has 1 amide bonds. The van der Waals surface area contributed by atoms with E-state index in [9.17, 15) is 4.79 Å². The molecule has 0 radical (unpaired) electrons. The average molecular weight is 289 g/mol. The molecule has 20 heavy (non-hydrogen) atoms. The largest absolute Gasteiger partial charge is 0.339 e. The van der Waals surface area contributed by atoms with Crippen molar-refractivity contribution in [1.29, 1.82) is 5.26 Å². The summed E-state index contributed by atoms with van der Waals surface area (Å²) < 4.78 is 1.69. The molecular formula is C14H13ClN4O. The molecule has 1 heterocycles. The summed E-state index contributed by atoms with van der Waals surface area (Å²) in [7, 11) is 0. The third-order valence-electron chi connectivity index (χ3n) is 2.83. The van der Waals surface area contributed by atoms with Crippen LogP contribution in [0.15, 0.2) is 30.5 Å².